The standard InChI is InChI=1S/C4H7BN4OS/c1-2-8-9-4(11-2)6-3(10)7-5/h5H2,1H3,(H2,6,7,9,10). The van der Waals surface area contributed by atoms with Crippen LogP contribution in [0.25, 0.3) is 0 Å². The molecule has 0 bridgehead atoms. The molecule has 1 heterocycles. The van der Waals surface area contributed by atoms with Crippen molar-refractivity contribution in [2.45, 2.75) is 6.92 Å². The number of aryl methyl sites for hydroxylation is 1. The van der Waals surface area contributed by atoms with Crippen molar-refractivity contribution < 1.29 is 4.79 Å². The van der Waals surface area contributed by atoms with Crippen LogP contribution in [0, 0.1) is 6.92 Å². The summed E-state index contributed by atoms with van der Waals surface area (Å²) in [6.45, 7) is 1.83. The van der Waals surface area contributed by atoms with Gasteiger partial charge < -0.3 is 5.23 Å². The van der Waals surface area contributed by atoms with Crippen LogP contribution in [-0.4, -0.2) is 24.2 Å². The van der Waals surface area contributed by atoms with Crippen LogP contribution in [0.2, 0.25) is 0 Å². The molecule has 0 atom stereocenters. The first kappa shape index (κ1) is 8.00. The Balaban J connectivity index is 2.57. The Bertz CT molecular complexity index is 262. The van der Waals surface area contributed by atoms with Gasteiger partial charge in [0.05, 0.1) is 0 Å². The van der Waals surface area contributed by atoms with Gasteiger partial charge in [0.1, 0.15) is 5.01 Å². The maximum Gasteiger partial charge on any atom is 0.308 e. The van der Waals surface area contributed by atoms with Gasteiger partial charge in [-0.15, -0.1) is 10.2 Å². The summed E-state index contributed by atoms with van der Waals surface area (Å²) in [5.41, 5.74) is 0. The monoisotopic (exact) mass is 170 g/mol. The molecular formula is C4H7BN4OS. The lowest BCUT2D eigenvalue weighted by molar-refractivity contribution is 0.256. The molecule has 0 spiro atoms. The first-order valence-electron chi connectivity index (χ1n) is 3.01. The molecule has 0 saturated heterocycles. The van der Waals surface area contributed by atoms with E-state index in [9.17, 15) is 4.79 Å². The zero-order valence-corrected chi connectivity index (χ0v) is 7.03. The number of aromatic nitrogens is 2. The van der Waals surface area contributed by atoms with E-state index in [4.69, 9.17) is 0 Å². The summed E-state index contributed by atoms with van der Waals surface area (Å²) >= 11 is 1.34. The first-order chi connectivity index (χ1) is 5.22. The van der Waals surface area contributed by atoms with Gasteiger partial charge in [0.2, 0.25) is 13.1 Å². The van der Waals surface area contributed by atoms with E-state index in [-0.39, 0.29) is 6.03 Å². The lowest BCUT2D eigenvalue weighted by Crippen LogP contribution is -2.25. The van der Waals surface area contributed by atoms with Crippen LogP contribution in [-0.2, 0) is 0 Å². The minimum absolute atomic E-state index is 0.277. The number of carbonyl (C=O) groups is 1. The Morgan fingerprint density at radius 1 is 1.64 bits per heavy atom. The zero-order chi connectivity index (χ0) is 8.27. The van der Waals surface area contributed by atoms with Crippen LogP contribution in [0.4, 0.5) is 9.93 Å². The largest absolute Gasteiger partial charge is 0.388 e. The topological polar surface area (TPSA) is 66.9 Å². The number of hydrogen-bond donors (Lipinski definition) is 2. The van der Waals surface area contributed by atoms with E-state index in [1.54, 1.807) is 7.98 Å². The lowest BCUT2D eigenvalue weighted by atomic mass is 10.4. The minimum atomic E-state index is -0.277. The van der Waals surface area contributed by atoms with Crippen molar-refractivity contribution >= 4 is 30.5 Å². The second-order valence-corrected chi connectivity index (χ2v) is 3.01. The van der Waals surface area contributed by atoms with Crippen molar-refractivity contribution in [3.8, 4) is 0 Å². The summed E-state index contributed by atoms with van der Waals surface area (Å²) in [7, 11) is 1.54. The number of hydrogen-bond acceptors (Lipinski definition) is 4. The fourth-order valence-electron chi connectivity index (χ4n) is 0.507. The molecule has 2 N–H and O–H groups in total. The molecular weight excluding hydrogens is 163 g/mol. The number of anilines is 1. The van der Waals surface area contributed by atoms with E-state index in [0.717, 1.165) is 5.01 Å². The van der Waals surface area contributed by atoms with Crippen molar-refractivity contribution in [3.05, 3.63) is 5.01 Å². The van der Waals surface area contributed by atoms with Gasteiger partial charge >= 0.3 is 6.03 Å². The third kappa shape index (κ3) is 2.19. The number of carbonyl (C=O) groups excluding carboxylic acids is 1. The summed E-state index contributed by atoms with van der Waals surface area (Å²) in [5.74, 6) is 0. The Labute approximate surface area is 68.6 Å². The Hall–Kier alpha value is -1.11. The lowest BCUT2D eigenvalue weighted by Gasteiger charge is -1.96. The van der Waals surface area contributed by atoms with Crippen molar-refractivity contribution in [2.24, 2.45) is 0 Å². The Morgan fingerprint density at radius 3 is 2.82 bits per heavy atom. The van der Waals surface area contributed by atoms with Crippen LogP contribution in [0.5, 0.6) is 0 Å². The molecule has 0 saturated carbocycles. The molecule has 58 valence electrons. The van der Waals surface area contributed by atoms with E-state index in [0.29, 0.717) is 5.13 Å². The fourth-order valence-corrected chi connectivity index (χ4v) is 1.09. The van der Waals surface area contributed by atoms with Crippen molar-refractivity contribution in [3.63, 3.8) is 0 Å². The van der Waals surface area contributed by atoms with E-state index >= 15 is 0 Å². The second kappa shape index (κ2) is 3.33. The van der Waals surface area contributed by atoms with Crippen molar-refractivity contribution in [1.29, 1.82) is 0 Å². The van der Waals surface area contributed by atoms with E-state index in [2.05, 4.69) is 20.7 Å². The highest BCUT2D eigenvalue weighted by Gasteiger charge is 2.02. The summed E-state index contributed by atoms with van der Waals surface area (Å²) in [5, 5.41) is 13.7. The molecule has 0 fully saturated rings. The highest BCUT2D eigenvalue weighted by Crippen LogP contribution is 2.12. The molecule has 1 rings (SSSR count). The van der Waals surface area contributed by atoms with Crippen LogP contribution >= 0.6 is 11.3 Å². The zero-order valence-electron chi connectivity index (χ0n) is 6.21. The minimum Gasteiger partial charge on any atom is -0.388 e. The van der Waals surface area contributed by atoms with E-state index < -0.39 is 0 Å². The van der Waals surface area contributed by atoms with Gasteiger partial charge in [-0.2, -0.15) is 0 Å². The SMILES string of the molecule is BNC(=O)Nc1nnc(C)s1. The molecule has 0 aliphatic heterocycles. The number of urea groups is 1. The summed E-state index contributed by atoms with van der Waals surface area (Å²) in [4.78, 5) is 10.7. The van der Waals surface area contributed by atoms with Gasteiger partial charge in [0, 0.05) is 0 Å². The van der Waals surface area contributed by atoms with Gasteiger partial charge in [0.15, 0.2) is 0 Å². The molecule has 1 aromatic rings. The van der Waals surface area contributed by atoms with E-state index in [1.807, 2.05) is 6.92 Å². The van der Waals surface area contributed by atoms with Gasteiger partial charge in [-0.3, -0.25) is 5.32 Å². The molecule has 0 unspecified atom stereocenters. The quantitative estimate of drug-likeness (QED) is 0.559. The highest BCUT2D eigenvalue weighted by atomic mass is 32.1. The van der Waals surface area contributed by atoms with Gasteiger partial charge in [-0.05, 0) is 6.92 Å². The van der Waals surface area contributed by atoms with Crippen molar-refractivity contribution in [2.75, 3.05) is 5.32 Å². The van der Waals surface area contributed by atoms with Crippen LogP contribution in [0.1, 0.15) is 5.01 Å². The van der Waals surface area contributed by atoms with Crippen LogP contribution in [0.15, 0.2) is 0 Å². The maximum atomic E-state index is 10.7. The molecule has 7 heteroatoms. The highest BCUT2D eigenvalue weighted by molar-refractivity contribution is 7.15. The predicted molar refractivity (Wildman–Crippen MR) is 45.3 cm³/mol. The van der Waals surface area contributed by atoms with Crippen LogP contribution in [0.3, 0.4) is 0 Å². The summed E-state index contributed by atoms with van der Waals surface area (Å²) < 4.78 is 0. The average Bonchev–Trinajstić information content (AvgIpc) is 2.35. The van der Waals surface area contributed by atoms with Gasteiger partial charge in [-0.1, -0.05) is 11.3 Å². The molecule has 1 aromatic heterocycles. The smallest absolute Gasteiger partial charge is 0.308 e. The van der Waals surface area contributed by atoms with Crippen molar-refractivity contribution in [1.82, 2.24) is 15.4 Å². The summed E-state index contributed by atoms with van der Waals surface area (Å²) in [6.07, 6.45) is 0. The average molecular weight is 170 g/mol. The number of nitrogens with zero attached hydrogens (tertiary/aromatic N) is 2. The fraction of sp³-hybridized carbons (Fsp3) is 0.250. The second-order valence-electron chi connectivity index (χ2n) is 1.83. The van der Waals surface area contributed by atoms with Gasteiger partial charge in [-0.25, -0.2) is 4.79 Å². The number of rotatable bonds is 1. The Kier molecular flexibility index (Phi) is 2.42. The normalized spacial score (nSPS) is 9.18. The first-order valence-corrected chi connectivity index (χ1v) is 3.83. The third-order valence-corrected chi connectivity index (χ3v) is 1.73. The molecule has 11 heavy (non-hydrogen) atoms. The van der Waals surface area contributed by atoms with E-state index in [1.165, 1.54) is 11.3 Å². The molecule has 2 amide bonds. The molecule has 0 aliphatic carbocycles. The van der Waals surface area contributed by atoms with Crippen LogP contribution < -0.4 is 10.5 Å². The molecule has 0 radical (unpaired) electrons. The van der Waals surface area contributed by atoms with Gasteiger partial charge in [0.25, 0.3) is 0 Å². The molecule has 0 aliphatic rings. The number of nitrogens with one attached hydrogen (secondary N) is 2. The predicted octanol–water partition coefficient (Wildman–Crippen LogP) is -0.484. The third-order valence-electron chi connectivity index (χ3n) is 0.974. The maximum absolute atomic E-state index is 10.7. The Morgan fingerprint density at radius 2 is 2.36 bits per heavy atom. The summed E-state index contributed by atoms with van der Waals surface area (Å²) in [6, 6.07) is -0.277. The molecule has 5 nitrogen and oxygen atoms in total. The molecule has 0 aromatic carbocycles. The number of amides is 2.